The lowest BCUT2D eigenvalue weighted by Gasteiger charge is -2.15. The SMILES string of the molecule is CC(OP(=O)(O)O)C(F)(F)F. The van der Waals surface area contributed by atoms with E-state index in [1.54, 1.807) is 0 Å². The third kappa shape index (κ3) is 5.20. The maximum absolute atomic E-state index is 11.5. The van der Waals surface area contributed by atoms with Crippen molar-refractivity contribution in [2.24, 2.45) is 0 Å². The van der Waals surface area contributed by atoms with Crippen molar-refractivity contribution >= 4 is 7.82 Å². The summed E-state index contributed by atoms with van der Waals surface area (Å²) in [5.74, 6) is 0. The molecule has 11 heavy (non-hydrogen) atoms. The normalized spacial score (nSPS) is 16.5. The van der Waals surface area contributed by atoms with Gasteiger partial charge in [0, 0.05) is 0 Å². The van der Waals surface area contributed by atoms with E-state index < -0.39 is 20.1 Å². The van der Waals surface area contributed by atoms with Crippen molar-refractivity contribution in [2.75, 3.05) is 0 Å². The van der Waals surface area contributed by atoms with Crippen molar-refractivity contribution in [1.29, 1.82) is 0 Å². The molecular formula is C3H6F3O4P. The highest BCUT2D eigenvalue weighted by molar-refractivity contribution is 7.46. The van der Waals surface area contributed by atoms with Gasteiger partial charge in [-0.05, 0) is 6.92 Å². The van der Waals surface area contributed by atoms with E-state index in [-0.39, 0.29) is 0 Å². The lowest BCUT2D eigenvalue weighted by atomic mass is 10.4. The fraction of sp³-hybridized carbons (Fsp3) is 1.00. The predicted octanol–water partition coefficient (Wildman–Crippen LogP) is 1.05. The van der Waals surface area contributed by atoms with Gasteiger partial charge in [-0.2, -0.15) is 13.2 Å². The number of hydrogen-bond donors (Lipinski definition) is 2. The first-order valence-electron chi connectivity index (χ1n) is 2.43. The Morgan fingerprint density at radius 2 is 1.82 bits per heavy atom. The molecule has 0 aliphatic heterocycles. The van der Waals surface area contributed by atoms with E-state index in [4.69, 9.17) is 9.79 Å². The van der Waals surface area contributed by atoms with Crippen molar-refractivity contribution in [3.63, 3.8) is 0 Å². The Bertz CT molecular complexity index is 172. The van der Waals surface area contributed by atoms with Gasteiger partial charge in [-0.3, -0.25) is 4.52 Å². The molecule has 0 fully saturated rings. The van der Waals surface area contributed by atoms with Gasteiger partial charge < -0.3 is 9.79 Å². The molecule has 4 nitrogen and oxygen atoms in total. The van der Waals surface area contributed by atoms with Gasteiger partial charge in [0.1, 0.15) is 0 Å². The minimum Gasteiger partial charge on any atom is -0.303 e. The first-order chi connectivity index (χ1) is 4.63. The number of phosphoric acid groups is 1. The van der Waals surface area contributed by atoms with Gasteiger partial charge in [-0.15, -0.1) is 0 Å². The van der Waals surface area contributed by atoms with Crippen LogP contribution in [0.2, 0.25) is 0 Å². The van der Waals surface area contributed by atoms with Crippen LogP contribution in [0.15, 0.2) is 0 Å². The van der Waals surface area contributed by atoms with Crippen LogP contribution in [-0.4, -0.2) is 22.1 Å². The van der Waals surface area contributed by atoms with Crippen LogP contribution in [0.25, 0.3) is 0 Å². The molecule has 1 unspecified atom stereocenters. The summed E-state index contributed by atoms with van der Waals surface area (Å²) in [6.07, 6.45) is -7.20. The standard InChI is InChI=1S/C3H6F3O4P/c1-2(3(4,5)6)10-11(7,8)9/h2H,1H3,(H2,7,8,9). The predicted molar refractivity (Wildman–Crippen MR) is 28.6 cm³/mol. The number of halogens is 3. The molecule has 0 saturated heterocycles. The molecule has 0 aromatic carbocycles. The second-order valence-corrected chi connectivity index (χ2v) is 2.97. The summed E-state index contributed by atoms with van der Waals surface area (Å²) < 4.78 is 47.7. The Morgan fingerprint density at radius 3 is 1.91 bits per heavy atom. The second kappa shape index (κ2) is 3.10. The lowest BCUT2D eigenvalue weighted by molar-refractivity contribution is -0.193. The Hall–Kier alpha value is -0.100. The van der Waals surface area contributed by atoms with Crippen molar-refractivity contribution in [3.8, 4) is 0 Å². The number of hydrogen-bond acceptors (Lipinski definition) is 2. The molecule has 0 aliphatic rings. The van der Waals surface area contributed by atoms with Gasteiger partial charge in [-0.25, -0.2) is 4.57 Å². The maximum atomic E-state index is 11.5. The molecule has 2 N–H and O–H groups in total. The smallest absolute Gasteiger partial charge is 0.303 e. The van der Waals surface area contributed by atoms with Crippen LogP contribution in [0.4, 0.5) is 13.2 Å². The summed E-state index contributed by atoms with van der Waals surface area (Å²) in [5, 5.41) is 0. The number of phosphoric ester groups is 1. The zero-order valence-electron chi connectivity index (χ0n) is 5.37. The monoisotopic (exact) mass is 194 g/mol. The van der Waals surface area contributed by atoms with Gasteiger partial charge >= 0.3 is 14.0 Å². The summed E-state index contributed by atoms with van der Waals surface area (Å²) in [6.45, 7) is 0.513. The molecule has 0 amide bonds. The minimum absolute atomic E-state index is 0.513. The largest absolute Gasteiger partial charge is 0.470 e. The minimum atomic E-state index is -5.04. The Kier molecular flexibility index (Phi) is 3.07. The molecule has 0 heterocycles. The van der Waals surface area contributed by atoms with Gasteiger partial charge in [0.15, 0.2) is 6.10 Å². The van der Waals surface area contributed by atoms with Gasteiger partial charge in [0.05, 0.1) is 0 Å². The van der Waals surface area contributed by atoms with Crippen LogP contribution in [0.5, 0.6) is 0 Å². The van der Waals surface area contributed by atoms with Crippen LogP contribution >= 0.6 is 7.82 Å². The second-order valence-electron chi connectivity index (χ2n) is 1.78. The molecular weight excluding hydrogens is 188 g/mol. The van der Waals surface area contributed by atoms with E-state index in [0.717, 1.165) is 0 Å². The first-order valence-corrected chi connectivity index (χ1v) is 3.96. The van der Waals surface area contributed by atoms with E-state index in [2.05, 4.69) is 4.52 Å². The van der Waals surface area contributed by atoms with Crippen molar-refractivity contribution in [3.05, 3.63) is 0 Å². The first kappa shape index (κ1) is 10.9. The van der Waals surface area contributed by atoms with Crippen LogP contribution in [-0.2, 0) is 9.09 Å². The molecule has 0 aromatic heterocycles. The van der Waals surface area contributed by atoms with Crippen LogP contribution in [0, 0.1) is 0 Å². The average Bonchev–Trinajstić information content (AvgIpc) is 1.56. The highest BCUT2D eigenvalue weighted by atomic mass is 31.2. The molecule has 0 aromatic rings. The summed E-state index contributed by atoms with van der Waals surface area (Å²) in [6, 6.07) is 0. The average molecular weight is 194 g/mol. The van der Waals surface area contributed by atoms with Crippen molar-refractivity contribution in [1.82, 2.24) is 0 Å². The number of alkyl halides is 3. The summed E-state index contributed by atoms with van der Waals surface area (Å²) in [7, 11) is -5.04. The highest BCUT2D eigenvalue weighted by Gasteiger charge is 2.40. The molecule has 68 valence electrons. The van der Waals surface area contributed by atoms with E-state index in [1.165, 1.54) is 0 Å². The van der Waals surface area contributed by atoms with E-state index in [1.807, 2.05) is 0 Å². The van der Waals surface area contributed by atoms with Crippen molar-refractivity contribution < 1.29 is 32.0 Å². The molecule has 0 spiro atoms. The van der Waals surface area contributed by atoms with E-state index >= 15 is 0 Å². The quantitative estimate of drug-likeness (QED) is 0.644. The van der Waals surface area contributed by atoms with Gasteiger partial charge in [-0.1, -0.05) is 0 Å². The molecule has 0 rings (SSSR count). The van der Waals surface area contributed by atoms with Gasteiger partial charge in [0.2, 0.25) is 0 Å². The highest BCUT2D eigenvalue weighted by Crippen LogP contribution is 2.41. The molecule has 8 heteroatoms. The van der Waals surface area contributed by atoms with Crippen LogP contribution < -0.4 is 0 Å². The zero-order chi connectivity index (χ0) is 9.28. The third-order valence-electron chi connectivity index (χ3n) is 0.756. The third-order valence-corrected chi connectivity index (χ3v) is 1.35. The fourth-order valence-corrected chi connectivity index (χ4v) is 0.797. The van der Waals surface area contributed by atoms with E-state index in [0.29, 0.717) is 6.92 Å². The zero-order valence-corrected chi connectivity index (χ0v) is 6.26. The van der Waals surface area contributed by atoms with E-state index in [9.17, 15) is 17.7 Å². The molecule has 0 radical (unpaired) electrons. The number of rotatable bonds is 2. The van der Waals surface area contributed by atoms with Crippen LogP contribution in [0.1, 0.15) is 6.92 Å². The summed E-state index contributed by atoms with van der Waals surface area (Å²) in [4.78, 5) is 15.9. The lowest BCUT2D eigenvalue weighted by Crippen LogP contribution is -2.27. The maximum Gasteiger partial charge on any atom is 0.470 e. The molecule has 0 bridgehead atoms. The summed E-state index contributed by atoms with van der Waals surface area (Å²) >= 11 is 0. The fourth-order valence-electron chi connectivity index (χ4n) is 0.266. The summed E-state index contributed by atoms with van der Waals surface area (Å²) in [5.41, 5.74) is 0. The Balaban J connectivity index is 4.10. The molecule has 0 saturated carbocycles. The Morgan fingerprint density at radius 1 is 1.45 bits per heavy atom. The molecule has 1 atom stereocenters. The van der Waals surface area contributed by atoms with Crippen molar-refractivity contribution in [2.45, 2.75) is 19.2 Å². The van der Waals surface area contributed by atoms with Crippen LogP contribution in [0.3, 0.4) is 0 Å². The molecule has 0 aliphatic carbocycles. The van der Waals surface area contributed by atoms with Gasteiger partial charge in [0.25, 0.3) is 0 Å². The Labute approximate surface area is 60.2 Å². The topological polar surface area (TPSA) is 66.8 Å².